The van der Waals surface area contributed by atoms with Crippen LogP contribution in [0, 0.1) is 6.92 Å². The molecule has 0 aliphatic carbocycles. The van der Waals surface area contributed by atoms with Gasteiger partial charge in [0.2, 0.25) is 0 Å². The number of nitrogens with one attached hydrogen (secondary N) is 2. The van der Waals surface area contributed by atoms with Gasteiger partial charge in [0.25, 0.3) is 0 Å². The van der Waals surface area contributed by atoms with E-state index in [4.69, 9.17) is 4.74 Å². The standard InChI is InChI=1S/C17H20F5N5O/c1-11-3-4-12(13(7-11)28-10-17(20,21)22)8-25-16(23-2)26-9-14-24-5-6-27(14)15(18)19/h3-7,15H,8-10H2,1-2H3,(H2,23,25,26). The Kier molecular flexibility index (Phi) is 7.18. The lowest BCUT2D eigenvalue weighted by molar-refractivity contribution is -0.153. The first-order chi connectivity index (χ1) is 13.2. The average molecular weight is 405 g/mol. The molecular weight excluding hydrogens is 385 g/mol. The fourth-order valence-corrected chi connectivity index (χ4v) is 2.32. The van der Waals surface area contributed by atoms with Gasteiger partial charge in [0, 0.05) is 31.5 Å². The van der Waals surface area contributed by atoms with Gasteiger partial charge in [0.1, 0.15) is 11.6 Å². The van der Waals surface area contributed by atoms with Crippen molar-refractivity contribution in [2.75, 3.05) is 13.7 Å². The molecule has 0 bridgehead atoms. The number of halogens is 5. The topological polar surface area (TPSA) is 63.5 Å². The van der Waals surface area contributed by atoms with Crippen LogP contribution in [0.25, 0.3) is 0 Å². The number of aliphatic imine (C=N–C) groups is 1. The molecule has 0 atom stereocenters. The fraction of sp³-hybridized carbons (Fsp3) is 0.412. The first-order valence-electron chi connectivity index (χ1n) is 8.23. The van der Waals surface area contributed by atoms with E-state index in [2.05, 4.69) is 20.6 Å². The van der Waals surface area contributed by atoms with E-state index in [0.29, 0.717) is 10.1 Å². The van der Waals surface area contributed by atoms with Crippen molar-refractivity contribution in [3.8, 4) is 5.75 Å². The molecule has 154 valence electrons. The maximum Gasteiger partial charge on any atom is 0.422 e. The third-order valence-electron chi connectivity index (χ3n) is 3.66. The van der Waals surface area contributed by atoms with Crippen LogP contribution >= 0.6 is 0 Å². The molecule has 0 amide bonds. The van der Waals surface area contributed by atoms with Crippen LogP contribution in [-0.2, 0) is 13.1 Å². The summed E-state index contributed by atoms with van der Waals surface area (Å²) in [7, 11) is 1.48. The van der Waals surface area contributed by atoms with Crippen LogP contribution in [0.3, 0.4) is 0 Å². The zero-order chi connectivity index (χ0) is 20.7. The minimum absolute atomic E-state index is 0.0116. The maximum absolute atomic E-state index is 12.8. The van der Waals surface area contributed by atoms with Gasteiger partial charge in [-0.15, -0.1) is 0 Å². The molecule has 2 aromatic rings. The van der Waals surface area contributed by atoms with E-state index >= 15 is 0 Å². The molecule has 11 heteroatoms. The molecule has 1 aromatic carbocycles. The molecule has 1 heterocycles. The van der Waals surface area contributed by atoms with Crippen LogP contribution in [0.5, 0.6) is 5.75 Å². The first-order valence-corrected chi connectivity index (χ1v) is 8.23. The summed E-state index contributed by atoms with van der Waals surface area (Å²) in [5.74, 6) is 0.488. The summed E-state index contributed by atoms with van der Waals surface area (Å²) in [4.78, 5) is 7.80. The molecule has 28 heavy (non-hydrogen) atoms. The van der Waals surface area contributed by atoms with Crippen molar-refractivity contribution in [3.05, 3.63) is 47.5 Å². The number of hydrogen-bond donors (Lipinski definition) is 2. The zero-order valence-corrected chi connectivity index (χ0v) is 15.2. The van der Waals surface area contributed by atoms with Crippen molar-refractivity contribution in [1.29, 1.82) is 0 Å². The Bertz CT molecular complexity index is 803. The van der Waals surface area contributed by atoms with E-state index in [1.807, 2.05) is 0 Å². The van der Waals surface area contributed by atoms with Crippen LogP contribution < -0.4 is 15.4 Å². The molecular formula is C17H20F5N5O. The summed E-state index contributed by atoms with van der Waals surface area (Å²) in [5, 5.41) is 5.73. The van der Waals surface area contributed by atoms with Gasteiger partial charge < -0.3 is 15.4 Å². The molecule has 0 aliphatic heterocycles. The monoisotopic (exact) mass is 405 g/mol. The summed E-state index contributed by atoms with van der Waals surface area (Å²) >= 11 is 0. The van der Waals surface area contributed by atoms with Crippen molar-refractivity contribution < 1.29 is 26.7 Å². The Morgan fingerprint density at radius 2 is 1.96 bits per heavy atom. The van der Waals surface area contributed by atoms with Gasteiger partial charge in [-0.1, -0.05) is 12.1 Å². The van der Waals surface area contributed by atoms with Crippen LogP contribution in [0.15, 0.2) is 35.6 Å². The molecule has 0 fully saturated rings. The normalized spacial score (nSPS) is 12.4. The molecule has 1 aromatic heterocycles. The second-order valence-electron chi connectivity index (χ2n) is 5.82. The van der Waals surface area contributed by atoms with Gasteiger partial charge in [0.05, 0.1) is 6.54 Å². The van der Waals surface area contributed by atoms with Gasteiger partial charge >= 0.3 is 12.7 Å². The van der Waals surface area contributed by atoms with Crippen molar-refractivity contribution in [2.45, 2.75) is 32.7 Å². The van der Waals surface area contributed by atoms with Crippen LogP contribution in [0.1, 0.15) is 23.5 Å². The Balaban J connectivity index is 1.98. The number of imidazole rings is 1. The van der Waals surface area contributed by atoms with Crippen LogP contribution in [-0.4, -0.2) is 35.3 Å². The number of guanidine groups is 1. The quantitative estimate of drug-likeness (QED) is 0.421. The van der Waals surface area contributed by atoms with E-state index < -0.39 is 19.3 Å². The fourth-order valence-electron chi connectivity index (χ4n) is 2.32. The Morgan fingerprint density at radius 3 is 2.61 bits per heavy atom. The molecule has 2 rings (SSSR count). The third kappa shape index (κ3) is 6.39. The number of aromatic nitrogens is 2. The molecule has 0 spiro atoms. The second kappa shape index (κ2) is 9.38. The van der Waals surface area contributed by atoms with E-state index in [-0.39, 0.29) is 30.6 Å². The number of hydrogen-bond acceptors (Lipinski definition) is 3. The number of alkyl halides is 5. The molecule has 0 unspecified atom stereocenters. The summed E-state index contributed by atoms with van der Waals surface area (Å²) in [6, 6.07) is 4.90. The summed E-state index contributed by atoms with van der Waals surface area (Å²) in [6.07, 6.45) is -2.02. The number of nitrogens with zero attached hydrogens (tertiary/aromatic N) is 3. The van der Waals surface area contributed by atoms with Crippen LogP contribution in [0.2, 0.25) is 0 Å². The summed E-state index contributed by atoms with van der Waals surface area (Å²) in [6.45, 7) is -2.26. The molecule has 0 saturated carbocycles. The second-order valence-corrected chi connectivity index (χ2v) is 5.82. The Hall–Kier alpha value is -2.85. The van der Waals surface area contributed by atoms with Crippen molar-refractivity contribution in [3.63, 3.8) is 0 Å². The smallest absolute Gasteiger partial charge is 0.422 e. The van der Waals surface area contributed by atoms with Gasteiger partial charge in [-0.2, -0.15) is 22.0 Å². The minimum Gasteiger partial charge on any atom is -0.484 e. The van der Waals surface area contributed by atoms with E-state index in [1.54, 1.807) is 19.1 Å². The highest BCUT2D eigenvalue weighted by atomic mass is 19.4. The van der Waals surface area contributed by atoms with Gasteiger partial charge in [-0.25, -0.2) is 4.98 Å². The van der Waals surface area contributed by atoms with Gasteiger partial charge in [0.15, 0.2) is 12.6 Å². The van der Waals surface area contributed by atoms with Crippen molar-refractivity contribution >= 4 is 5.96 Å². The first kappa shape index (κ1) is 21.5. The van der Waals surface area contributed by atoms with Gasteiger partial charge in [-0.05, 0) is 18.6 Å². The molecule has 6 nitrogen and oxygen atoms in total. The Labute approximate surface area is 158 Å². The molecule has 0 aliphatic rings. The third-order valence-corrected chi connectivity index (χ3v) is 3.66. The highest BCUT2D eigenvalue weighted by Gasteiger charge is 2.28. The van der Waals surface area contributed by atoms with Crippen molar-refractivity contribution in [2.24, 2.45) is 4.99 Å². The predicted molar refractivity (Wildman–Crippen MR) is 93.2 cm³/mol. The van der Waals surface area contributed by atoms with E-state index in [9.17, 15) is 22.0 Å². The molecule has 0 saturated heterocycles. The minimum atomic E-state index is -4.45. The number of rotatable bonds is 7. The molecule has 2 N–H and O–H groups in total. The van der Waals surface area contributed by atoms with Crippen LogP contribution in [0.4, 0.5) is 22.0 Å². The van der Waals surface area contributed by atoms with E-state index in [1.165, 1.54) is 19.3 Å². The van der Waals surface area contributed by atoms with Gasteiger partial charge in [-0.3, -0.25) is 9.56 Å². The predicted octanol–water partition coefficient (Wildman–Crippen LogP) is 3.39. The summed E-state index contributed by atoms with van der Waals surface area (Å²) in [5.41, 5.74) is 1.24. The number of ether oxygens (including phenoxy) is 1. The highest BCUT2D eigenvalue weighted by molar-refractivity contribution is 5.79. The highest BCUT2D eigenvalue weighted by Crippen LogP contribution is 2.23. The largest absolute Gasteiger partial charge is 0.484 e. The zero-order valence-electron chi connectivity index (χ0n) is 15.2. The number of benzene rings is 1. The number of aryl methyl sites for hydroxylation is 1. The van der Waals surface area contributed by atoms with Crippen molar-refractivity contribution in [1.82, 2.24) is 20.2 Å². The average Bonchev–Trinajstić information content (AvgIpc) is 3.09. The lowest BCUT2D eigenvalue weighted by Gasteiger charge is -2.16. The molecule has 0 radical (unpaired) electrons. The maximum atomic E-state index is 12.8. The summed E-state index contributed by atoms with van der Waals surface area (Å²) < 4.78 is 68.6. The SMILES string of the molecule is CN=C(NCc1ccc(C)cc1OCC(F)(F)F)NCc1nccn1C(F)F. The Morgan fingerprint density at radius 1 is 1.25 bits per heavy atom. The lowest BCUT2D eigenvalue weighted by Crippen LogP contribution is -2.37. The van der Waals surface area contributed by atoms with E-state index in [0.717, 1.165) is 11.8 Å². The lowest BCUT2D eigenvalue weighted by atomic mass is 10.1.